The zero-order chi connectivity index (χ0) is 12.5. The number of aromatic nitrogens is 4. The number of nitrogens with two attached hydrogens (primary N) is 1. The van der Waals surface area contributed by atoms with Crippen LogP contribution in [0.1, 0.15) is 5.69 Å². The van der Waals surface area contributed by atoms with Gasteiger partial charge in [-0.25, -0.2) is 9.67 Å². The predicted octanol–water partition coefficient (Wildman–Crippen LogP) is 1.63. The summed E-state index contributed by atoms with van der Waals surface area (Å²) >= 11 is 2.24. The quantitative estimate of drug-likeness (QED) is 0.728. The first-order valence-electron chi connectivity index (χ1n) is 5.66. The number of imidazole rings is 1. The molecule has 0 saturated carbocycles. The lowest BCUT2D eigenvalue weighted by atomic mass is 10.3. The Balaban J connectivity index is 2.24. The molecule has 3 heterocycles. The second-order valence-electron chi connectivity index (χ2n) is 3.95. The molecule has 0 bridgehead atoms. The number of rotatable bonds is 3. The van der Waals surface area contributed by atoms with E-state index in [0.717, 1.165) is 27.1 Å². The summed E-state index contributed by atoms with van der Waals surface area (Å²) in [6, 6.07) is 5.95. The van der Waals surface area contributed by atoms with Crippen molar-refractivity contribution in [3.05, 3.63) is 46.1 Å². The lowest BCUT2D eigenvalue weighted by Crippen LogP contribution is -2.08. The van der Waals surface area contributed by atoms with Gasteiger partial charge < -0.3 is 10.1 Å². The van der Waals surface area contributed by atoms with Crippen molar-refractivity contribution in [3.8, 4) is 5.82 Å². The maximum Gasteiger partial charge on any atom is 0.175 e. The molecule has 0 aromatic carbocycles. The van der Waals surface area contributed by atoms with Crippen LogP contribution in [0.15, 0.2) is 36.8 Å². The van der Waals surface area contributed by atoms with E-state index >= 15 is 0 Å². The van der Waals surface area contributed by atoms with Crippen LogP contribution >= 0.6 is 22.6 Å². The standard InChI is InChI=1S/C12H12IN5/c13-9-7-15-18(8-9)12-10(4-5-14)17-6-2-1-3-11(17)16-12/h1-3,6-8H,4-5,14H2. The van der Waals surface area contributed by atoms with E-state index in [1.807, 2.05) is 36.8 Å². The molecule has 0 fully saturated rings. The second-order valence-corrected chi connectivity index (χ2v) is 5.20. The van der Waals surface area contributed by atoms with Gasteiger partial charge in [0.1, 0.15) is 5.65 Å². The van der Waals surface area contributed by atoms with Crippen LogP contribution in [0, 0.1) is 3.57 Å². The van der Waals surface area contributed by atoms with Crippen molar-refractivity contribution in [2.75, 3.05) is 6.54 Å². The topological polar surface area (TPSA) is 61.1 Å². The van der Waals surface area contributed by atoms with E-state index in [9.17, 15) is 0 Å². The van der Waals surface area contributed by atoms with E-state index in [0.29, 0.717) is 6.54 Å². The van der Waals surface area contributed by atoms with Crippen molar-refractivity contribution in [3.63, 3.8) is 0 Å². The highest BCUT2D eigenvalue weighted by Crippen LogP contribution is 2.17. The molecule has 0 aliphatic heterocycles. The Hall–Kier alpha value is -1.41. The molecule has 18 heavy (non-hydrogen) atoms. The van der Waals surface area contributed by atoms with Crippen molar-refractivity contribution in [2.24, 2.45) is 5.73 Å². The van der Waals surface area contributed by atoms with Gasteiger partial charge in [-0.2, -0.15) is 5.10 Å². The maximum absolute atomic E-state index is 5.69. The Morgan fingerprint density at radius 1 is 1.33 bits per heavy atom. The summed E-state index contributed by atoms with van der Waals surface area (Å²) in [5, 5.41) is 4.32. The summed E-state index contributed by atoms with van der Waals surface area (Å²) in [5.41, 5.74) is 7.70. The third-order valence-electron chi connectivity index (χ3n) is 2.76. The van der Waals surface area contributed by atoms with Crippen LogP contribution in [0.2, 0.25) is 0 Å². The summed E-state index contributed by atoms with van der Waals surface area (Å²) in [5.74, 6) is 0.856. The number of halogens is 1. The first kappa shape index (κ1) is 11.7. The van der Waals surface area contributed by atoms with Gasteiger partial charge in [-0.3, -0.25) is 0 Å². The molecule has 5 nitrogen and oxygen atoms in total. The average molecular weight is 353 g/mol. The van der Waals surface area contributed by atoms with Crippen molar-refractivity contribution < 1.29 is 0 Å². The molecule has 6 heteroatoms. The van der Waals surface area contributed by atoms with Crippen molar-refractivity contribution >= 4 is 28.2 Å². The van der Waals surface area contributed by atoms with Crippen molar-refractivity contribution in [1.29, 1.82) is 0 Å². The Morgan fingerprint density at radius 2 is 2.22 bits per heavy atom. The highest BCUT2D eigenvalue weighted by atomic mass is 127. The summed E-state index contributed by atoms with van der Waals surface area (Å²) in [7, 11) is 0. The van der Waals surface area contributed by atoms with Gasteiger partial charge in [0.05, 0.1) is 15.5 Å². The molecule has 0 unspecified atom stereocenters. The normalized spacial score (nSPS) is 11.2. The monoisotopic (exact) mass is 353 g/mol. The fraction of sp³-hybridized carbons (Fsp3) is 0.167. The Kier molecular flexibility index (Phi) is 3.04. The van der Waals surface area contributed by atoms with E-state index < -0.39 is 0 Å². The van der Waals surface area contributed by atoms with Gasteiger partial charge in [-0.05, 0) is 41.3 Å². The van der Waals surface area contributed by atoms with Gasteiger partial charge >= 0.3 is 0 Å². The highest BCUT2D eigenvalue weighted by molar-refractivity contribution is 14.1. The number of hydrogen-bond acceptors (Lipinski definition) is 3. The van der Waals surface area contributed by atoms with Crippen LogP contribution in [-0.4, -0.2) is 25.7 Å². The summed E-state index contributed by atoms with van der Waals surface area (Å²) in [4.78, 5) is 4.62. The van der Waals surface area contributed by atoms with Gasteiger partial charge in [-0.15, -0.1) is 0 Å². The fourth-order valence-electron chi connectivity index (χ4n) is 2.00. The number of nitrogens with zero attached hydrogens (tertiary/aromatic N) is 4. The molecule has 3 rings (SSSR count). The molecular formula is C12H12IN5. The molecule has 0 aliphatic carbocycles. The van der Waals surface area contributed by atoms with E-state index in [1.54, 1.807) is 4.68 Å². The van der Waals surface area contributed by atoms with Gasteiger partial charge in [0, 0.05) is 18.8 Å². The largest absolute Gasteiger partial charge is 0.330 e. The highest BCUT2D eigenvalue weighted by Gasteiger charge is 2.13. The number of pyridine rings is 1. The SMILES string of the molecule is NCCc1c(-n2cc(I)cn2)nc2ccccn12. The second kappa shape index (κ2) is 4.69. The van der Waals surface area contributed by atoms with Gasteiger partial charge in [0.15, 0.2) is 5.82 Å². The lowest BCUT2D eigenvalue weighted by Gasteiger charge is -2.02. The molecule has 0 atom stereocenters. The van der Waals surface area contributed by atoms with Crippen LogP contribution in [-0.2, 0) is 6.42 Å². The van der Waals surface area contributed by atoms with E-state index in [2.05, 4.69) is 37.1 Å². The molecular weight excluding hydrogens is 341 g/mol. The molecule has 0 spiro atoms. The molecule has 0 radical (unpaired) electrons. The van der Waals surface area contributed by atoms with Crippen LogP contribution in [0.5, 0.6) is 0 Å². The third-order valence-corrected chi connectivity index (χ3v) is 3.31. The minimum Gasteiger partial charge on any atom is -0.330 e. The molecule has 0 saturated heterocycles. The van der Waals surface area contributed by atoms with E-state index in [4.69, 9.17) is 5.73 Å². The van der Waals surface area contributed by atoms with Crippen LogP contribution < -0.4 is 5.73 Å². The zero-order valence-electron chi connectivity index (χ0n) is 9.62. The van der Waals surface area contributed by atoms with Crippen LogP contribution in [0.25, 0.3) is 11.5 Å². The summed E-state index contributed by atoms with van der Waals surface area (Å²) in [6.07, 6.45) is 6.56. The van der Waals surface area contributed by atoms with Crippen molar-refractivity contribution in [2.45, 2.75) is 6.42 Å². The predicted molar refractivity (Wildman–Crippen MR) is 77.8 cm³/mol. The van der Waals surface area contributed by atoms with Gasteiger partial charge in [0.2, 0.25) is 0 Å². The third kappa shape index (κ3) is 1.91. The Morgan fingerprint density at radius 3 is 2.94 bits per heavy atom. The van der Waals surface area contributed by atoms with Crippen LogP contribution in [0.4, 0.5) is 0 Å². The smallest absolute Gasteiger partial charge is 0.175 e. The summed E-state index contributed by atoms with van der Waals surface area (Å²) in [6.45, 7) is 0.591. The first-order valence-corrected chi connectivity index (χ1v) is 6.74. The molecule has 3 aromatic rings. The van der Waals surface area contributed by atoms with Crippen molar-refractivity contribution in [1.82, 2.24) is 19.2 Å². The van der Waals surface area contributed by atoms with Crippen LogP contribution in [0.3, 0.4) is 0 Å². The molecule has 2 N–H and O–H groups in total. The maximum atomic E-state index is 5.69. The Bertz CT molecular complexity index is 685. The molecule has 92 valence electrons. The van der Waals surface area contributed by atoms with E-state index in [-0.39, 0.29) is 0 Å². The molecule has 0 amide bonds. The number of hydrogen-bond donors (Lipinski definition) is 1. The van der Waals surface area contributed by atoms with Gasteiger partial charge in [0.25, 0.3) is 0 Å². The average Bonchev–Trinajstić information content (AvgIpc) is 2.95. The summed E-state index contributed by atoms with van der Waals surface area (Å²) < 4.78 is 4.96. The fourth-order valence-corrected chi connectivity index (χ4v) is 2.39. The van der Waals surface area contributed by atoms with E-state index in [1.165, 1.54) is 0 Å². The molecule has 3 aromatic heterocycles. The molecule has 0 aliphatic rings. The minimum absolute atomic E-state index is 0.591. The van der Waals surface area contributed by atoms with Gasteiger partial charge in [-0.1, -0.05) is 6.07 Å². The zero-order valence-corrected chi connectivity index (χ0v) is 11.8. The lowest BCUT2D eigenvalue weighted by molar-refractivity contribution is 0.816. The minimum atomic E-state index is 0.591. The first-order chi connectivity index (χ1) is 8.79. The number of fused-ring (bicyclic) bond motifs is 1. The Labute approximate surface area is 118 Å².